The van der Waals surface area contributed by atoms with Crippen molar-refractivity contribution in [3.63, 3.8) is 0 Å². The topological polar surface area (TPSA) is 56.3 Å². The molecule has 0 radical (unpaired) electrons. The molecule has 3 heterocycles. The third-order valence-electron chi connectivity index (χ3n) is 7.34. The number of amides is 2. The Bertz CT molecular complexity index is 914. The standard InChI is InChI=1S/C26H38N4O3/c1-19-6-7-22(20(2)18-19)23-24(28(4)21-8-12-27(3)13-9-21)26(32)30(25(23)31)11-5-10-29-14-16-33-17-15-29/h6-7,18,21H,5,8-17H2,1-4H3. The molecular weight excluding hydrogens is 416 g/mol. The van der Waals surface area contributed by atoms with Crippen LogP contribution in [0.1, 0.15) is 36.0 Å². The first-order valence-corrected chi connectivity index (χ1v) is 12.3. The van der Waals surface area contributed by atoms with Crippen molar-refractivity contribution in [2.75, 3.05) is 66.6 Å². The largest absolute Gasteiger partial charge is 0.379 e. The Morgan fingerprint density at radius 3 is 2.36 bits per heavy atom. The molecule has 4 rings (SSSR count). The third-order valence-corrected chi connectivity index (χ3v) is 7.34. The van der Waals surface area contributed by atoms with Crippen LogP contribution in [0.4, 0.5) is 0 Å². The van der Waals surface area contributed by atoms with E-state index >= 15 is 0 Å². The van der Waals surface area contributed by atoms with E-state index in [0.717, 1.165) is 81.9 Å². The lowest BCUT2D eigenvalue weighted by Crippen LogP contribution is -2.44. The Kier molecular flexibility index (Phi) is 7.51. The summed E-state index contributed by atoms with van der Waals surface area (Å²) in [7, 11) is 4.13. The minimum atomic E-state index is -0.149. The van der Waals surface area contributed by atoms with Gasteiger partial charge in [-0.3, -0.25) is 19.4 Å². The number of likely N-dealkylation sites (tertiary alicyclic amines) is 1. The first kappa shape index (κ1) is 23.9. The Balaban J connectivity index is 1.58. The number of ether oxygens (including phenoxy) is 1. The summed E-state index contributed by atoms with van der Waals surface area (Å²) in [5.74, 6) is -0.290. The molecule has 2 amide bonds. The molecule has 7 heteroatoms. The molecule has 0 saturated carbocycles. The zero-order valence-electron chi connectivity index (χ0n) is 20.6. The molecule has 0 unspecified atom stereocenters. The number of morpholine rings is 1. The van der Waals surface area contributed by atoms with Gasteiger partial charge in [0.15, 0.2) is 0 Å². The van der Waals surface area contributed by atoms with Crippen LogP contribution in [0.5, 0.6) is 0 Å². The number of aryl methyl sites for hydroxylation is 2. The van der Waals surface area contributed by atoms with Crippen LogP contribution in [0.2, 0.25) is 0 Å². The highest BCUT2D eigenvalue weighted by atomic mass is 16.5. The van der Waals surface area contributed by atoms with E-state index in [9.17, 15) is 9.59 Å². The molecule has 3 aliphatic rings. The number of imide groups is 1. The van der Waals surface area contributed by atoms with Crippen LogP contribution in [0, 0.1) is 13.8 Å². The van der Waals surface area contributed by atoms with E-state index in [0.29, 0.717) is 17.8 Å². The molecule has 0 atom stereocenters. The second kappa shape index (κ2) is 10.4. The number of carbonyl (C=O) groups excluding carboxylic acids is 2. The van der Waals surface area contributed by atoms with Gasteiger partial charge in [0.05, 0.1) is 18.8 Å². The molecule has 2 saturated heterocycles. The van der Waals surface area contributed by atoms with Gasteiger partial charge in [-0.25, -0.2) is 0 Å². The molecule has 0 N–H and O–H groups in total. The van der Waals surface area contributed by atoms with Crippen LogP contribution >= 0.6 is 0 Å². The molecule has 0 bridgehead atoms. The molecule has 3 aliphatic heterocycles. The van der Waals surface area contributed by atoms with E-state index in [-0.39, 0.29) is 17.9 Å². The first-order chi connectivity index (χ1) is 15.9. The second-order valence-electron chi connectivity index (χ2n) is 9.76. The molecule has 1 aromatic carbocycles. The van der Waals surface area contributed by atoms with Crippen molar-refractivity contribution in [3.05, 3.63) is 40.6 Å². The first-order valence-electron chi connectivity index (χ1n) is 12.3. The Hall–Kier alpha value is -2.22. The lowest BCUT2D eigenvalue weighted by atomic mass is 9.96. The van der Waals surface area contributed by atoms with Gasteiger partial charge in [0.1, 0.15) is 5.70 Å². The third kappa shape index (κ3) is 5.15. The minimum Gasteiger partial charge on any atom is -0.379 e. The van der Waals surface area contributed by atoms with Crippen LogP contribution < -0.4 is 0 Å². The predicted molar refractivity (Wildman–Crippen MR) is 130 cm³/mol. The average Bonchev–Trinajstić information content (AvgIpc) is 3.04. The fraction of sp³-hybridized carbons (Fsp3) is 0.615. The fourth-order valence-corrected chi connectivity index (χ4v) is 5.27. The fourth-order valence-electron chi connectivity index (χ4n) is 5.27. The van der Waals surface area contributed by atoms with E-state index in [1.807, 2.05) is 26.1 Å². The summed E-state index contributed by atoms with van der Waals surface area (Å²) in [5, 5.41) is 0. The van der Waals surface area contributed by atoms with Crippen molar-refractivity contribution in [1.29, 1.82) is 0 Å². The predicted octanol–water partition coefficient (Wildman–Crippen LogP) is 2.13. The highest BCUT2D eigenvalue weighted by molar-refractivity contribution is 6.35. The molecule has 33 heavy (non-hydrogen) atoms. The van der Waals surface area contributed by atoms with Gasteiger partial charge in [-0.05, 0) is 64.4 Å². The van der Waals surface area contributed by atoms with Crippen LogP contribution in [0.25, 0.3) is 5.57 Å². The summed E-state index contributed by atoms with van der Waals surface area (Å²) in [6.45, 7) is 10.8. The highest BCUT2D eigenvalue weighted by Gasteiger charge is 2.42. The number of hydrogen-bond donors (Lipinski definition) is 0. The molecule has 0 aliphatic carbocycles. The Morgan fingerprint density at radius 2 is 1.70 bits per heavy atom. The van der Waals surface area contributed by atoms with Crippen molar-refractivity contribution in [3.8, 4) is 0 Å². The smallest absolute Gasteiger partial charge is 0.277 e. The number of benzene rings is 1. The SMILES string of the molecule is Cc1ccc(C2=C(N(C)C3CCN(C)CC3)C(=O)N(CCCN3CCOCC3)C2=O)c(C)c1. The molecule has 2 fully saturated rings. The average molecular weight is 455 g/mol. The molecule has 7 nitrogen and oxygen atoms in total. The van der Waals surface area contributed by atoms with Gasteiger partial charge < -0.3 is 14.5 Å². The van der Waals surface area contributed by atoms with Crippen molar-refractivity contribution >= 4 is 17.4 Å². The van der Waals surface area contributed by atoms with Gasteiger partial charge in [-0.15, -0.1) is 0 Å². The van der Waals surface area contributed by atoms with Crippen molar-refractivity contribution in [2.24, 2.45) is 0 Å². The highest BCUT2D eigenvalue weighted by Crippen LogP contribution is 2.35. The maximum absolute atomic E-state index is 13.7. The second-order valence-corrected chi connectivity index (χ2v) is 9.76. The normalized spacial score (nSPS) is 21.4. The zero-order chi connectivity index (χ0) is 23.5. The van der Waals surface area contributed by atoms with Gasteiger partial charge in [0, 0.05) is 39.3 Å². The summed E-state index contributed by atoms with van der Waals surface area (Å²) in [6, 6.07) is 6.39. The number of carbonyl (C=O) groups is 2. The van der Waals surface area contributed by atoms with Crippen molar-refractivity contribution < 1.29 is 14.3 Å². The van der Waals surface area contributed by atoms with Gasteiger partial charge in [0.25, 0.3) is 11.8 Å². The zero-order valence-corrected chi connectivity index (χ0v) is 20.6. The van der Waals surface area contributed by atoms with Gasteiger partial charge >= 0.3 is 0 Å². The molecule has 180 valence electrons. The minimum absolute atomic E-state index is 0.140. The Morgan fingerprint density at radius 1 is 1.00 bits per heavy atom. The van der Waals surface area contributed by atoms with E-state index in [4.69, 9.17) is 4.74 Å². The Labute approximate surface area is 197 Å². The lowest BCUT2D eigenvalue weighted by molar-refractivity contribution is -0.137. The van der Waals surface area contributed by atoms with E-state index in [1.54, 1.807) is 0 Å². The summed E-state index contributed by atoms with van der Waals surface area (Å²) >= 11 is 0. The molecule has 0 spiro atoms. The summed E-state index contributed by atoms with van der Waals surface area (Å²) in [4.78, 5) is 35.6. The monoisotopic (exact) mass is 454 g/mol. The van der Waals surface area contributed by atoms with Crippen LogP contribution in [0.15, 0.2) is 23.9 Å². The van der Waals surface area contributed by atoms with E-state index < -0.39 is 0 Å². The number of likely N-dealkylation sites (N-methyl/N-ethyl adjacent to an activating group) is 1. The summed E-state index contributed by atoms with van der Waals surface area (Å²) in [5.41, 5.74) is 4.22. The summed E-state index contributed by atoms with van der Waals surface area (Å²) < 4.78 is 5.43. The summed E-state index contributed by atoms with van der Waals surface area (Å²) in [6.07, 6.45) is 2.77. The number of rotatable bonds is 7. The number of nitrogens with zero attached hydrogens (tertiary/aromatic N) is 4. The molecular formula is C26H38N4O3. The van der Waals surface area contributed by atoms with Crippen LogP contribution in [-0.2, 0) is 14.3 Å². The van der Waals surface area contributed by atoms with E-state index in [2.05, 4.69) is 34.7 Å². The maximum Gasteiger partial charge on any atom is 0.277 e. The van der Waals surface area contributed by atoms with Crippen LogP contribution in [0.3, 0.4) is 0 Å². The lowest BCUT2D eigenvalue weighted by Gasteiger charge is -2.36. The van der Waals surface area contributed by atoms with Crippen molar-refractivity contribution in [1.82, 2.24) is 19.6 Å². The number of piperidine rings is 1. The van der Waals surface area contributed by atoms with Gasteiger partial charge in [-0.1, -0.05) is 23.8 Å². The van der Waals surface area contributed by atoms with E-state index in [1.165, 1.54) is 4.90 Å². The maximum atomic E-state index is 13.7. The molecule has 0 aromatic heterocycles. The van der Waals surface area contributed by atoms with Gasteiger partial charge in [0.2, 0.25) is 0 Å². The molecule has 1 aromatic rings. The van der Waals surface area contributed by atoms with Gasteiger partial charge in [-0.2, -0.15) is 0 Å². The quantitative estimate of drug-likeness (QED) is 0.589. The number of hydrogen-bond acceptors (Lipinski definition) is 6. The van der Waals surface area contributed by atoms with Crippen LogP contribution in [-0.4, -0.2) is 104 Å². The van der Waals surface area contributed by atoms with Crippen molar-refractivity contribution in [2.45, 2.75) is 39.2 Å².